The molecule has 0 bridgehead atoms. The molecule has 0 spiro atoms. The highest BCUT2D eigenvalue weighted by atomic mass is 16.3. The molecular formula is C50H33N3O. The third-order valence-corrected chi connectivity index (χ3v) is 10.2. The minimum atomic E-state index is 0.600. The van der Waals surface area contributed by atoms with Gasteiger partial charge in [-0.25, -0.2) is 15.0 Å². The minimum Gasteiger partial charge on any atom is -0.456 e. The number of hydrogen-bond acceptors (Lipinski definition) is 4. The molecule has 0 radical (unpaired) electrons. The zero-order chi connectivity index (χ0) is 35.8. The quantitative estimate of drug-likeness (QED) is 0.174. The van der Waals surface area contributed by atoms with Crippen LogP contribution in [0.2, 0.25) is 0 Å². The van der Waals surface area contributed by atoms with E-state index in [0.717, 1.165) is 56.2 Å². The van der Waals surface area contributed by atoms with E-state index in [1.807, 2.05) is 42.5 Å². The molecule has 254 valence electrons. The molecular weight excluding hydrogens is 659 g/mol. The second-order valence-corrected chi connectivity index (χ2v) is 13.6. The molecule has 0 N–H and O–H groups in total. The minimum absolute atomic E-state index is 0.600. The highest BCUT2D eigenvalue weighted by molar-refractivity contribution is 6.13. The molecule has 0 atom stereocenters. The average molecular weight is 692 g/mol. The van der Waals surface area contributed by atoms with Gasteiger partial charge in [-0.15, -0.1) is 0 Å². The van der Waals surface area contributed by atoms with E-state index < -0.39 is 0 Å². The summed E-state index contributed by atoms with van der Waals surface area (Å²) in [5, 5.41) is 4.41. The molecule has 0 fully saturated rings. The number of rotatable bonds is 6. The normalized spacial score (nSPS) is 12.7. The van der Waals surface area contributed by atoms with Gasteiger partial charge in [0.1, 0.15) is 11.2 Å². The van der Waals surface area contributed by atoms with Crippen LogP contribution in [0.4, 0.5) is 0 Å². The second kappa shape index (κ2) is 13.4. The summed E-state index contributed by atoms with van der Waals surface area (Å²) in [5.41, 5.74) is 11.5. The monoisotopic (exact) mass is 691 g/mol. The summed E-state index contributed by atoms with van der Waals surface area (Å²) >= 11 is 0. The Hall–Kier alpha value is -7.17. The third-order valence-electron chi connectivity index (χ3n) is 10.2. The maximum Gasteiger partial charge on any atom is 0.164 e. The van der Waals surface area contributed by atoms with Crippen LogP contribution in [0.3, 0.4) is 0 Å². The van der Waals surface area contributed by atoms with Gasteiger partial charge >= 0.3 is 0 Å². The van der Waals surface area contributed by atoms with E-state index >= 15 is 0 Å². The molecule has 0 aliphatic heterocycles. The van der Waals surface area contributed by atoms with Crippen molar-refractivity contribution in [2.24, 2.45) is 0 Å². The van der Waals surface area contributed by atoms with Crippen LogP contribution in [0.1, 0.15) is 12.0 Å². The average Bonchev–Trinajstić information content (AvgIpc) is 3.40. The van der Waals surface area contributed by atoms with Gasteiger partial charge in [0.2, 0.25) is 0 Å². The number of aromatic nitrogens is 3. The SMILES string of the molecule is C1=CC=C(c2ccc(-c3nc(-c4ccccc4)nc(-c4cccc5oc6ccc(-c7ccc8cc(-c9ccccc9)ccc8c7)cc6c45)n3)cc2)CC=C1. The Balaban J connectivity index is 1.08. The number of allylic oxidation sites excluding steroid dienone is 6. The topological polar surface area (TPSA) is 51.8 Å². The summed E-state index contributed by atoms with van der Waals surface area (Å²) in [5.74, 6) is 1.85. The van der Waals surface area contributed by atoms with Gasteiger partial charge in [0.05, 0.1) is 0 Å². The van der Waals surface area contributed by atoms with Gasteiger partial charge in [-0.05, 0) is 80.9 Å². The zero-order valence-electron chi connectivity index (χ0n) is 29.4. The molecule has 0 saturated carbocycles. The fraction of sp³-hybridized carbons (Fsp3) is 0.0200. The van der Waals surface area contributed by atoms with Crippen LogP contribution in [0.25, 0.3) is 94.7 Å². The molecule has 4 heteroatoms. The summed E-state index contributed by atoms with van der Waals surface area (Å²) in [6.07, 6.45) is 11.5. The van der Waals surface area contributed by atoms with E-state index in [1.54, 1.807) is 0 Å². The van der Waals surface area contributed by atoms with E-state index in [-0.39, 0.29) is 0 Å². The summed E-state index contributed by atoms with van der Waals surface area (Å²) in [6.45, 7) is 0. The number of hydrogen-bond donors (Lipinski definition) is 0. The van der Waals surface area contributed by atoms with Crippen LogP contribution in [-0.4, -0.2) is 15.0 Å². The Morgan fingerprint density at radius 3 is 1.74 bits per heavy atom. The first kappa shape index (κ1) is 31.6. The molecule has 4 nitrogen and oxygen atoms in total. The van der Waals surface area contributed by atoms with Gasteiger partial charge in [-0.1, -0.05) is 158 Å². The maximum atomic E-state index is 6.45. The first-order chi connectivity index (χ1) is 26.7. The summed E-state index contributed by atoms with van der Waals surface area (Å²) < 4.78 is 6.45. The molecule has 1 aliphatic carbocycles. The fourth-order valence-electron chi connectivity index (χ4n) is 7.39. The number of benzene rings is 7. The fourth-order valence-corrected chi connectivity index (χ4v) is 7.39. The van der Waals surface area contributed by atoms with Crippen molar-refractivity contribution in [2.45, 2.75) is 6.42 Å². The highest BCUT2D eigenvalue weighted by Crippen LogP contribution is 2.39. The highest BCUT2D eigenvalue weighted by Gasteiger charge is 2.19. The van der Waals surface area contributed by atoms with E-state index in [9.17, 15) is 0 Å². The lowest BCUT2D eigenvalue weighted by Gasteiger charge is -2.10. The largest absolute Gasteiger partial charge is 0.456 e. The van der Waals surface area contributed by atoms with Crippen LogP contribution in [0, 0.1) is 0 Å². The van der Waals surface area contributed by atoms with Gasteiger partial charge in [-0.3, -0.25) is 0 Å². The van der Waals surface area contributed by atoms with E-state index in [0.29, 0.717) is 17.5 Å². The lowest BCUT2D eigenvalue weighted by molar-refractivity contribution is 0.669. The van der Waals surface area contributed by atoms with Crippen LogP contribution in [0.15, 0.2) is 193 Å². The predicted molar refractivity (Wildman–Crippen MR) is 223 cm³/mol. The molecule has 7 aromatic carbocycles. The van der Waals surface area contributed by atoms with Crippen molar-refractivity contribution in [3.63, 3.8) is 0 Å². The van der Waals surface area contributed by atoms with Crippen molar-refractivity contribution in [1.82, 2.24) is 15.0 Å². The lowest BCUT2D eigenvalue weighted by atomic mass is 9.96. The van der Waals surface area contributed by atoms with E-state index in [2.05, 4.69) is 146 Å². The van der Waals surface area contributed by atoms with Crippen LogP contribution in [0.5, 0.6) is 0 Å². The number of furan rings is 1. The predicted octanol–water partition coefficient (Wildman–Crippen LogP) is 13.2. The standard InChI is InChI=1S/C50H33N3O/c1-2-6-13-33(12-5-1)35-20-22-37(23-21-35)49-51-48(36-16-9-4-10-17-36)52-50(53-49)43-18-11-19-46-47(43)44-32-42(28-29-45(44)54-46)41-27-26-39-30-38(24-25-40(39)31-41)34-14-7-3-8-15-34/h1-12,14-32H,13H2. The van der Waals surface area contributed by atoms with Crippen molar-refractivity contribution in [3.8, 4) is 56.4 Å². The Labute approximate surface area is 313 Å². The molecule has 2 aromatic heterocycles. The molecule has 0 saturated heterocycles. The van der Waals surface area contributed by atoms with E-state index in [4.69, 9.17) is 19.4 Å². The van der Waals surface area contributed by atoms with Crippen molar-refractivity contribution < 1.29 is 4.42 Å². The molecule has 0 amide bonds. The third kappa shape index (κ3) is 5.90. The molecule has 9 aromatic rings. The first-order valence-corrected chi connectivity index (χ1v) is 18.2. The molecule has 0 unspecified atom stereocenters. The van der Waals surface area contributed by atoms with Gasteiger partial charge in [-0.2, -0.15) is 0 Å². The number of fused-ring (bicyclic) bond motifs is 4. The Kier molecular flexibility index (Phi) is 7.85. The molecule has 10 rings (SSSR count). The molecule has 1 aliphatic rings. The molecule has 54 heavy (non-hydrogen) atoms. The van der Waals surface area contributed by atoms with Crippen LogP contribution in [-0.2, 0) is 0 Å². The van der Waals surface area contributed by atoms with Gasteiger partial charge < -0.3 is 4.42 Å². The summed E-state index contributed by atoms with van der Waals surface area (Å²) in [7, 11) is 0. The maximum absolute atomic E-state index is 6.45. The Morgan fingerprint density at radius 2 is 1.00 bits per heavy atom. The van der Waals surface area contributed by atoms with Crippen LogP contribution < -0.4 is 0 Å². The molecule has 2 heterocycles. The van der Waals surface area contributed by atoms with Crippen molar-refractivity contribution in [2.75, 3.05) is 0 Å². The number of nitrogens with zero attached hydrogens (tertiary/aromatic N) is 3. The van der Waals surface area contributed by atoms with Gasteiger partial charge in [0.25, 0.3) is 0 Å². The van der Waals surface area contributed by atoms with Crippen molar-refractivity contribution >= 4 is 38.3 Å². The van der Waals surface area contributed by atoms with Crippen LogP contribution >= 0.6 is 0 Å². The lowest BCUT2D eigenvalue weighted by Crippen LogP contribution is -2.00. The van der Waals surface area contributed by atoms with Crippen molar-refractivity contribution in [3.05, 3.63) is 194 Å². The summed E-state index contributed by atoms with van der Waals surface area (Å²) in [4.78, 5) is 15.2. The smallest absolute Gasteiger partial charge is 0.164 e. The summed E-state index contributed by atoms with van der Waals surface area (Å²) in [6, 6.07) is 55.1. The van der Waals surface area contributed by atoms with Crippen molar-refractivity contribution in [1.29, 1.82) is 0 Å². The van der Waals surface area contributed by atoms with Gasteiger partial charge in [0, 0.05) is 27.5 Å². The van der Waals surface area contributed by atoms with E-state index in [1.165, 1.54) is 33.0 Å². The Bertz CT molecular complexity index is 2940. The Morgan fingerprint density at radius 1 is 0.407 bits per heavy atom. The zero-order valence-corrected chi connectivity index (χ0v) is 29.4. The first-order valence-electron chi connectivity index (χ1n) is 18.2. The second-order valence-electron chi connectivity index (χ2n) is 13.6. The van der Waals surface area contributed by atoms with Gasteiger partial charge in [0.15, 0.2) is 17.5 Å².